The van der Waals surface area contributed by atoms with Gasteiger partial charge in [0.2, 0.25) is 5.78 Å². The van der Waals surface area contributed by atoms with Gasteiger partial charge in [-0.1, -0.05) is 0 Å². The van der Waals surface area contributed by atoms with Gasteiger partial charge >= 0.3 is 0 Å². The number of thiazole rings is 1. The maximum atomic E-state index is 11.9. The van der Waals surface area contributed by atoms with Crippen LogP contribution >= 0.6 is 11.3 Å². The van der Waals surface area contributed by atoms with Gasteiger partial charge in [0, 0.05) is 24.2 Å². The standard InChI is InChI=1S/C11H10N2OS/c1-7-3-9(5-12-4-7)11(14)10-6-13-8(2)15-10/h3-6H,1-2H3. The number of hydrogen-bond donors (Lipinski definition) is 0. The molecule has 0 unspecified atom stereocenters. The quantitative estimate of drug-likeness (QED) is 0.727. The van der Waals surface area contributed by atoms with E-state index < -0.39 is 0 Å². The minimum Gasteiger partial charge on any atom is -0.288 e. The second-order valence-electron chi connectivity index (χ2n) is 3.32. The lowest BCUT2D eigenvalue weighted by atomic mass is 10.1. The predicted octanol–water partition coefficient (Wildman–Crippen LogP) is 2.39. The van der Waals surface area contributed by atoms with E-state index in [1.807, 2.05) is 19.9 Å². The summed E-state index contributed by atoms with van der Waals surface area (Å²) < 4.78 is 0. The third-order valence-electron chi connectivity index (χ3n) is 1.98. The van der Waals surface area contributed by atoms with Gasteiger partial charge in [-0.15, -0.1) is 11.3 Å². The number of rotatable bonds is 2. The van der Waals surface area contributed by atoms with Crippen molar-refractivity contribution in [3.8, 4) is 0 Å². The van der Waals surface area contributed by atoms with Crippen molar-refractivity contribution in [1.82, 2.24) is 9.97 Å². The molecule has 0 spiro atoms. The molecule has 0 bridgehead atoms. The third kappa shape index (κ3) is 2.10. The number of nitrogens with zero attached hydrogens (tertiary/aromatic N) is 2. The number of aryl methyl sites for hydroxylation is 2. The zero-order valence-electron chi connectivity index (χ0n) is 8.52. The van der Waals surface area contributed by atoms with Crippen LogP contribution in [0.2, 0.25) is 0 Å². The zero-order valence-corrected chi connectivity index (χ0v) is 9.34. The Hall–Kier alpha value is -1.55. The second-order valence-corrected chi connectivity index (χ2v) is 4.56. The molecule has 0 N–H and O–H groups in total. The van der Waals surface area contributed by atoms with Gasteiger partial charge in [-0.25, -0.2) is 4.98 Å². The Morgan fingerprint density at radius 2 is 2.07 bits per heavy atom. The van der Waals surface area contributed by atoms with E-state index in [1.54, 1.807) is 18.6 Å². The Bertz CT molecular complexity index is 505. The fraction of sp³-hybridized carbons (Fsp3) is 0.182. The van der Waals surface area contributed by atoms with Crippen LogP contribution in [0.15, 0.2) is 24.7 Å². The molecule has 0 fully saturated rings. The van der Waals surface area contributed by atoms with E-state index in [-0.39, 0.29) is 5.78 Å². The van der Waals surface area contributed by atoms with Gasteiger partial charge in [0.25, 0.3) is 0 Å². The van der Waals surface area contributed by atoms with E-state index in [2.05, 4.69) is 9.97 Å². The Labute approximate surface area is 91.8 Å². The minimum atomic E-state index is -0.00296. The molecule has 2 aromatic heterocycles. The summed E-state index contributed by atoms with van der Waals surface area (Å²) >= 11 is 1.41. The lowest BCUT2D eigenvalue weighted by Crippen LogP contribution is -1.99. The van der Waals surface area contributed by atoms with Gasteiger partial charge in [0.05, 0.1) is 9.88 Å². The number of hydrogen-bond acceptors (Lipinski definition) is 4. The molecule has 0 aromatic carbocycles. The van der Waals surface area contributed by atoms with Gasteiger partial charge in [-0.3, -0.25) is 9.78 Å². The maximum Gasteiger partial charge on any atom is 0.206 e. The first-order chi connectivity index (χ1) is 7.16. The summed E-state index contributed by atoms with van der Waals surface area (Å²) in [5.74, 6) is -0.00296. The highest BCUT2D eigenvalue weighted by atomic mass is 32.1. The molecule has 0 aliphatic rings. The summed E-state index contributed by atoms with van der Waals surface area (Å²) in [5, 5.41) is 0.902. The fourth-order valence-electron chi connectivity index (χ4n) is 1.29. The summed E-state index contributed by atoms with van der Waals surface area (Å²) in [6, 6.07) is 1.84. The van der Waals surface area contributed by atoms with Crippen LogP contribution < -0.4 is 0 Å². The molecular formula is C11H10N2OS. The van der Waals surface area contributed by atoms with Crippen molar-refractivity contribution in [3.05, 3.63) is 45.7 Å². The van der Waals surface area contributed by atoms with E-state index >= 15 is 0 Å². The summed E-state index contributed by atoms with van der Waals surface area (Å²) in [6.07, 6.45) is 4.93. The number of carbonyl (C=O) groups is 1. The van der Waals surface area contributed by atoms with Crippen molar-refractivity contribution >= 4 is 17.1 Å². The van der Waals surface area contributed by atoms with Crippen molar-refractivity contribution in [3.63, 3.8) is 0 Å². The Kier molecular flexibility index (Phi) is 2.60. The highest BCUT2D eigenvalue weighted by Crippen LogP contribution is 2.16. The van der Waals surface area contributed by atoms with Crippen molar-refractivity contribution in [2.75, 3.05) is 0 Å². The summed E-state index contributed by atoms with van der Waals surface area (Å²) in [7, 11) is 0. The molecule has 0 atom stereocenters. The number of carbonyl (C=O) groups excluding carboxylic acids is 1. The molecule has 15 heavy (non-hydrogen) atoms. The van der Waals surface area contributed by atoms with Crippen molar-refractivity contribution < 1.29 is 4.79 Å². The Morgan fingerprint density at radius 1 is 1.27 bits per heavy atom. The topological polar surface area (TPSA) is 42.9 Å². The first kappa shape index (κ1) is 9.98. The molecule has 2 aromatic rings. The van der Waals surface area contributed by atoms with Crippen molar-refractivity contribution in [2.45, 2.75) is 13.8 Å². The molecule has 0 radical (unpaired) electrons. The first-order valence-electron chi connectivity index (χ1n) is 4.55. The van der Waals surface area contributed by atoms with Gasteiger partial charge in [-0.05, 0) is 25.5 Å². The number of ketones is 1. The van der Waals surface area contributed by atoms with Gasteiger partial charge in [-0.2, -0.15) is 0 Å². The Balaban J connectivity index is 2.36. The number of pyridine rings is 1. The van der Waals surface area contributed by atoms with E-state index in [4.69, 9.17) is 0 Å². The van der Waals surface area contributed by atoms with Crippen LogP contribution in [0.5, 0.6) is 0 Å². The van der Waals surface area contributed by atoms with E-state index in [0.29, 0.717) is 10.4 Å². The molecule has 0 amide bonds. The normalized spacial score (nSPS) is 10.3. The molecule has 2 heterocycles. The van der Waals surface area contributed by atoms with E-state index in [1.165, 1.54) is 11.3 Å². The predicted molar refractivity (Wildman–Crippen MR) is 59.3 cm³/mol. The molecule has 0 saturated carbocycles. The average Bonchev–Trinajstić information content (AvgIpc) is 2.64. The van der Waals surface area contributed by atoms with Crippen LogP contribution in [-0.2, 0) is 0 Å². The molecule has 3 nitrogen and oxygen atoms in total. The van der Waals surface area contributed by atoms with Crippen molar-refractivity contribution in [2.24, 2.45) is 0 Å². The van der Waals surface area contributed by atoms with E-state index in [9.17, 15) is 4.79 Å². The SMILES string of the molecule is Cc1cncc(C(=O)c2cnc(C)s2)c1. The molecule has 0 aliphatic carbocycles. The summed E-state index contributed by atoms with van der Waals surface area (Å²) in [5.41, 5.74) is 1.61. The third-order valence-corrected chi connectivity index (χ3v) is 2.89. The minimum absolute atomic E-state index is 0.00296. The summed E-state index contributed by atoms with van der Waals surface area (Å²) in [6.45, 7) is 3.80. The molecule has 2 rings (SSSR count). The molecule has 0 saturated heterocycles. The largest absolute Gasteiger partial charge is 0.288 e. The average molecular weight is 218 g/mol. The first-order valence-corrected chi connectivity index (χ1v) is 5.37. The van der Waals surface area contributed by atoms with Crippen LogP contribution in [0, 0.1) is 13.8 Å². The smallest absolute Gasteiger partial charge is 0.206 e. The lowest BCUT2D eigenvalue weighted by Gasteiger charge is -1.97. The van der Waals surface area contributed by atoms with Gasteiger partial charge in [0.15, 0.2) is 0 Å². The monoisotopic (exact) mass is 218 g/mol. The number of aromatic nitrogens is 2. The van der Waals surface area contributed by atoms with Crippen LogP contribution in [-0.4, -0.2) is 15.8 Å². The lowest BCUT2D eigenvalue weighted by molar-refractivity contribution is 0.104. The molecular weight excluding hydrogens is 208 g/mol. The molecule has 0 aliphatic heterocycles. The van der Waals surface area contributed by atoms with E-state index in [0.717, 1.165) is 10.6 Å². The molecule has 4 heteroatoms. The van der Waals surface area contributed by atoms with Gasteiger partial charge in [0.1, 0.15) is 0 Å². The van der Waals surface area contributed by atoms with Crippen LogP contribution in [0.3, 0.4) is 0 Å². The van der Waals surface area contributed by atoms with Crippen LogP contribution in [0.25, 0.3) is 0 Å². The maximum absolute atomic E-state index is 11.9. The molecule has 76 valence electrons. The fourth-order valence-corrected chi connectivity index (χ4v) is 2.03. The Morgan fingerprint density at radius 3 is 2.67 bits per heavy atom. The van der Waals surface area contributed by atoms with Crippen LogP contribution in [0.4, 0.5) is 0 Å². The van der Waals surface area contributed by atoms with Crippen LogP contribution in [0.1, 0.15) is 25.8 Å². The van der Waals surface area contributed by atoms with Gasteiger partial charge < -0.3 is 0 Å². The van der Waals surface area contributed by atoms with Crippen molar-refractivity contribution in [1.29, 1.82) is 0 Å². The summed E-state index contributed by atoms with van der Waals surface area (Å²) in [4.78, 5) is 20.7. The highest BCUT2D eigenvalue weighted by molar-refractivity contribution is 7.13. The zero-order chi connectivity index (χ0) is 10.8. The second kappa shape index (κ2) is 3.90. The highest BCUT2D eigenvalue weighted by Gasteiger charge is 2.11.